The van der Waals surface area contributed by atoms with Crippen LogP contribution in [0.3, 0.4) is 0 Å². The summed E-state index contributed by atoms with van der Waals surface area (Å²) in [5, 5.41) is 11.9. The molecular weight excluding hydrogens is 452 g/mol. The van der Waals surface area contributed by atoms with Crippen molar-refractivity contribution in [2.75, 3.05) is 41.0 Å². The zero-order valence-electron chi connectivity index (χ0n) is 21.1. The largest absolute Gasteiger partial charge is 0.497 e. The van der Waals surface area contributed by atoms with Crippen LogP contribution in [0.4, 0.5) is 0 Å². The second-order valence-corrected chi connectivity index (χ2v) is 9.96. The van der Waals surface area contributed by atoms with Gasteiger partial charge < -0.3 is 23.5 Å². The number of benzene rings is 3. The quantitative estimate of drug-likeness (QED) is 0.259. The van der Waals surface area contributed by atoms with Crippen LogP contribution in [-0.4, -0.2) is 55.5 Å². The molecule has 6 heteroatoms. The average molecular weight is 486 g/mol. The predicted octanol–water partition coefficient (Wildman–Crippen LogP) is 4.78. The number of likely N-dealkylation sites (N-methyl/N-ethyl adjacent to an activating group) is 1. The Hall–Kier alpha value is -3.45. The monoisotopic (exact) mass is 485 g/mol. The van der Waals surface area contributed by atoms with Crippen molar-refractivity contribution in [3.63, 3.8) is 0 Å². The number of hydrogen-bond donors (Lipinski definition) is 1. The maximum Gasteiger partial charge on any atom is 0.236 e. The molecule has 1 aliphatic carbocycles. The van der Waals surface area contributed by atoms with Gasteiger partial charge in [0.05, 0.1) is 40.6 Å². The van der Waals surface area contributed by atoms with Gasteiger partial charge in [-0.05, 0) is 35.2 Å². The number of aliphatic hydroxyl groups is 1. The molecule has 6 nitrogen and oxygen atoms in total. The van der Waals surface area contributed by atoms with Crippen LogP contribution in [-0.2, 0) is 23.3 Å². The number of nitrogens with zero attached hydrogens (tertiary/aromatic N) is 2. The highest BCUT2D eigenvalue weighted by atomic mass is 16.5. The summed E-state index contributed by atoms with van der Waals surface area (Å²) < 4.78 is 18.0. The number of fused-ring (bicyclic) bond motifs is 3. The van der Waals surface area contributed by atoms with E-state index in [9.17, 15) is 5.11 Å². The van der Waals surface area contributed by atoms with Crippen LogP contribution in [0.25, 0.3) is 11.1 Å². The smallest absolute Gasteiger partial charge is 0.236 e. The SMILES string of the molecule is COc1ccc(CCOCC[N+](C)(C)Cc2cnc(C3(O)c4ccccc4-c4ccccc43)o2)cc1. The molecule has 0 atom stereocenters. The van der Waals surface area contributed by atoms with Crippen molar-refractivity contribution in [2.24, 2.45) is 0 Å². The van der Waals surface area contributed by atoms with Gasteiger partial charge in [0.2, 0.25) is 5.89 Å². The molecule has 0 amide bonds. The molecule has 0 bridgehead atoms. The standard InChI is InChI=1S/C30H33N2O4/c1-32(2,17-19-35-18-16-22-12-14-23(34-3)15-13-22)21-24-20-31-29(36-24)30(33)27-10-6-4-8-25(27)26-9-5-7-11-28(26)30/h4-15,20,33H,16-19,21H2,1-3H3/q+1. The third kappa shape index (κ3) is 4.67. The lowest BCUT2D eigenvalue weighted by atomic mass is 9.91. The Labute approximate surface area is 212 Å². The number of quaternary nitrogens is 1. The number of hydrogen-bond acceptors (Lipinski definition) is 5. The van der Waals surface area contributed by atoms with E-state index in [1.807, 2.05) is 60.7 Å². The molecule has 4 aromatic rings. The van der Waals surface area contributed by atoms with Gasteiger partial charge in [0.25, 0.3) is 0 Å². The molecule has 3 aromatic carbocycles. The molecule has 1 aliphatic rings. The van der Waals surface area contributed by atoms with E-state index in [2.05, 4.69) is 31.2 Å². The first-order chi connectivity index (χ1) is 17.4. The van der Waals surface area contributed by atoms with Crippen LogP contribution < -0.4 is 4.74 Å². The Morgan fingerprint density at radius 3 is 2.17 bits per heavy atom. The van der Waals surface area contributed by atoms with E-state index in [4.69, 9.17) is 13.9 Å². The molecule has 1 N–H and O–H groups in total. The minimum atomic E-state index is -1.40. The van der Waals surface area contributed by atoms with E-state index < -0.39 is 5.60 Å². The lowest BCUT2D eigenvalue weighted by molar-refractivity contribution is -0.904. The van der Waals surface area contributed by atoms with Crippen molar-refractivity contribution in [1.82, 2.24) is 4.98 Å². The Kier molecular flexibility index (Phi) is 6.67. The summed E-state index contributed by atoms with van der Waals surface area (Å²) in [6.07, 6.45) is 2.60. The molecule has 0 aliphatic heterocycles. The van der Waals surface area contributed by atoms with Gasteiger partial charge in [-0.3, -0.25) is 0 Å². The molecule has 5 rings (SSSR count). The van der Waals surface area contributed by atoms with Crippen molar-refractivity contribution in [2.45, 2.75) is 18.6 Å². The van der Waals surface area contributed by atoms with Crippen LogP contribution in [0.1, 0.15) is 28.3 Å². The molecule has 0 fully saturated rings. The van der Waals surface area contributed by atoms with Gasteiger partial charge in [0.1, 0.15) is 18.8 Å². The van der Waals surface area contributed by atoms with Gasteiger partial charge in [-0.25, -0.2) is 4.98 Å². The van der Waals surface area contributed by atoms with Gasteiger partial charge in [-0.2, -0.15) is 0 Å². The van der Waals surface area contributed by atoms with E-state index in [0.29, 0.717) is 30.1 Å². The maximum atomic E-state index is 11.9. The summed E-state index contributed by atoms with van der Waals surface area (Å²) in [7, 11) is 5.96. The van der Waals surface area contributed by atoms with Crippen LogP contribution in [0.15, 0.2) is 83.4 Å². The van der Waals surface area contributed by atoms with Crippen LogP contribution in [0.5, 0.6) is 5.75 Å². The molecule has 0 unspecified atom stereocenters. The number of aromatic nitrogens is 1. The number of oxazole rings is 1. The summed E-state index contributed by atoms with van der Waals surface area (Å²) >= 11 is 0. The Morgan fingerprint density at radius 2 is 1.53 bits per heavy atom. The highest BCUT2D eigenvalue weighted by Crippen LogP contribution is 2.50. The van der Waals surface area contributed by atoms with Gasteiger partial charge >= 0.3 is 0 Å². The van der Waals surface area contributed by atoms with E-state index in [0.717, 1.165) is 46.7 Å². The first-order valence-corrected chi connectivity index (χ1v) is 12.3. The molecule has 0 spiro atoms. The minimum Gasteiger partial charge on any atom is -0.497 e. The molecule has 36 heavy (non-hydrogen) atoms. The molecule has 1 aromatic heterocycles. The summed E-state index contributed by atoms with van der Waals surface area (Å²) in [6.45, 7) is 2.79. The van der Waals surface area contributed by atoms with Crippen LogP contribution in [0.2, 0.25) is 0 Å². The molecule has 1 heterocycles. The zero-order valence-corrected chi connectivity index (χ0v) is 21.1. The lowest BCUT2D eigenvalue weighted by Gasteiger charge is -2.28. The third-order valence-corrected chi connectivity index (χ3v) is 6.91. The fourth-order valence-corrected chi connectivity index (χ4v) is 4.89. The van der Waals surface area contributed by atoms with Gasteiger partial charge in [-0.1, -0.05) is 60.7 Å². The number of rotatable bonds is 10. The summed E-state index contributed by atoms with van der Waals surface area (Å²) in [4.78, 5) is 4.54. The molecule has 186 valence electrons. The van der Waals surface area contributed by atoms with Crippen molar-refractivity contribution in [3.05, 3.63) is 107 Å². The van der Waals surface area contributed by atoms with E-state index in [1.54, 1.807) is 13.3 Å². The Morgan fingerprint density at radius 1 is 0.889 bits per heavy atom. The normalized spacial score (nSPS) is 13.9. The van der Waals surface area contributed by atoms with Crippen molar-refractivity contribution in [1.29, 1.82) is 0 Å². The Bertz CT molecular complexity index is 1280. The molecule has 0 radical (unpaired) electrons. The third-order valence-electron chi connectivity index (χ3n) is 6.91. The van der Waals surface area contributed by atoms with Crippen molar-refractivity contribution in [3.8, 4) is 16.9 Å². The minimum absolute atomic E-state index is 0.311. The first kappa shape index (κ1) is 24.3. The fraction of sp³-hybridized carbons (Fsp3) is 0.300. The van der Waals surface area contributed by atoms with Gasteiger partial charge in [-0.15, -0.1) is 0 Å². The number of methoxy groups -OCH3 is 1. The predicted molar refractivity (Wildman–Crippen MR) is 139 cm³/mol. The topological polar surface area (TPSA) is 64.7 Å². The highest BCUT2D eigenvalue weighted by molar-refractivity contribution is 5.81. The summed E-state index contributed by atoms with van der Waals surface area (Å²) in [6, 6.07) is 23.9. The zero-order chi connectivity index (χ0) is 25.2. The van der Waals surface area contributed by atoms with Gasteiger partial charge in [0, 0.05) is 11.1 Å². The van der Waals surface area contributed by atoms with Crippen LogP contribution in [0, 0.1) is 0 Å². The second-order valence-electron chi connectivity index (χ2n) is 9.96. The first-order valence-electron chi connectivity index (χ1n) is 12.3. The fourth-order valence-electron chi connectivity index (χ4n) is 4.89. The molecule has 0 saturated heterocycles. The van der Waals surface area contributed by atoms with Crippen molar-refractivity contribution < 1.29 is 23.5 Å². The van der Waals surface area contributed by atoms with E-state index >= 15 is 0 Å². The molecule has 0 saturated carbocycles. The van der Waals surface area contributed by atoms with E-state index in [-0.39, 0.29) is 0 Å². The molecular formula is C30H33N2O4+. The van der Waals surface area contributed by atoms with Crippen molar-refractivity contribution >= 4 is 0 Å². The summed E-state index contributed by atoms with van der Waals surface area (Å²) in [5.74, 6) is 1.91. The van der Waals surface area contributed by atoms with Gasteiger partial charge in [0.15, 0.2) is 11.4 Å². The van der Waals surface area contributed by atoms with E-state index in [1.165, 1.54) is 5.56 Å². The summed E-state index contributed by atoms with van der Waals surface area (Å²) in [5.41, 5.74) is 3.47. The lowest BCUT2D eigenvalue weighted by Crippen LogP contribution is -2.41. The Balaban J connectivity index is 1.21. The highest BCUT2D eigenvalue weighted by Gasteiger charge is 2.46. The average Bonchev–Trinajstić information content (AvgIpc) is 3.46. The maximum absolute atomic E-state index is 11.9. The van der Waals surface area contributed by atoms with Crippen LogP contribution >= 0.6 is 0 Å². The second kappa shape index (κ2) is 9.90. The number of ether oxygens (including phenoxy) is 2.